The second-order valence-electron chi connectivity index (χ2n) is 8.27. The summed E-state index contributed by atoms with van der Waals surface area (Å²) in [5.74, 6) is -0.907. The van der Waals surface area contributed by atoms with Crippen LogP contribution in [0.15, 0.2) is 84.5 Å². The van der Waals surface area contributed by atoms with Gasteiger partial charge in [-0.2, -0.15) is 0 Å². The molecule has 0 amide bonds. The third kappa shape index (κ3) is 5.56. The van der Waals surface area contributed by atoms with Gasteiger partial charge in [-0.3, -0.25) is 20.2 Å². The molecule has 1 aliphatic heterocycles. The van der Waals surface area contributed by atoms with Crippen molar-refractivity contribution in [2.24, 2.45) is 0 Å². The topological polar surface area (TPSA) is 175 Å². The van der Waals surface area contributed by atoms with Crippen molar-refractivity contribution in [1.82, 2.24) is 19.5 Å². The highest BCUT2D eigenvalue weighted by Crippen LogP contribution is 2.30. The first kappa shape index (κ1) is 26.2. The SMILES string of the molecule is O=C1O/C(=C/Cn2cnc3c(Cl)ncnc32)C(OCc2ccc([N+](=O)[O-])cc2)=C1OCc1ccc([N+](=O)[O-])cc1. The predicted molar refractivity (Wildman–Crippen MR) is 137 cm³/mol. The highest BCUT2D eigenvalue weighted by molar-refractivity contribution is 6.33. The minimum Gasteiger partial charge on any atom is -0.481 e. The van der Waals surface area contributed by atoms with Crippen LogP contribution in [0.5, 0.6) is 0 Å². The van der Waals surface area contributed by atoms with Crippen LogP contribution in [0, 0.1) is 20.2 Å². The van der Waals surface area contributed by atoms with Gasteiger partial charge in [-0.1, -0.05) is 11.6 Å². The lowest BCUT2D eigenvalue weighted by Gasteiger charge is -2.10. The Bertz CT molecular complexity index is 1680. The van der Waals surface area contributed by atoms with Gasteiger partial charge in [0.05, 0.1) is 16.2 Å². The van der Waals surface area contributed by atoms with Crippen molar-refractivity contribution in [3.63, 3.8) is 0 Å². The van der Waals surface area contributed by atoms with Gasteiger partial charge in [0.25, 0.3) is 17.1 Å². The molecule has 4 aromatic rings. The van der Waals surface area contributed by atoms with E-state index in [1.165, 1.54) is 61.2 Å². The maximum absolute atomic E-state index is 12.8. The van der Waals surface area contributed by atoms with E-state index in [1.807, 2.05) is 0 Å². The number of benzene rings is 2. The molecule has 202 valence electrons. The van der Waals surface area contributed by atoms with Crippen molar-refractivity contribution in [3.05, 3.63) is 121 Å². The normalized spacial score (nSPS) is 14.0. The number of cyclic esters (lactones) is 1. The van der Waals surface area contributed by atoms with Crippen molar-refractivity contribution < 1.29 is 28.9 Å². The van der Waals surface area contributed by atoms with Crippen LogP contribution in [-0.4, -0.2) is 35.3 Å². The molecule has 15 heteroatoms. The second-order valence-corrected chi connectivity index (χ2v) is 8.63. The third-order valence-corrected chi connectivity index (χ3v) is 5.99. The van der Waals surface area contributed by atoms with E-state index in [-0.39, 0.29) is 53.6 Å². The van der Waals surface area contributed by atoms with Crippen LogP contribution >= 0.6 is 11.6 Å². The summed E-state index contributed by atoms with van der Waals surface area (Å²) >= 11 is 6.07. The lowest BCUT2D eigenvalue weighted by Crippen LogP contribution is -2.05. The van der Waals surface area contributed by atoms with E-state index in [0.29, 0.717) is 22.3 Å². The number of esters is 1. The summed E-state index contributed by atoms with van der Waals surface area (Å²) in [7, 11) is 0. The zero-order valence-corrected chi connectivity index (χ0v) is 21.1. The number of carbonyl (C=O) groups excluding carboxylic acids is 1. The molecule has 14 nitrogen and oxygen atoms in total. The average molecular weight is 565 g/mol. The minimum atomic E-state index is -0.798. The van der Waals surface area contributed by atoms with Crippen LogP contribution in [0.4, 0.5) is 11.4 Å². The van der Waals surface area contributed by atoms with Gasteiger partial charge in [0.15, 0.2) is 16.6 Å². The lowest BCUT2D eigenvalue weighted by atomic mass is 10.2. The zero-order chi connectivity index (χ0) is 28.2. The van der Waals surface area contributed by atoms with Crippen molar-refractivity contribution >= 4 is 40.1 Å². The Morgan fingerprint density at radius 1 is 0.875 bits per heavy atom. The molecule has 3 heterocycles. The molecule has 2 aromatic heterocycles. The van der Waals surface area contributed by atoms with E-state index >= 15 is 0 Å². The summed E-state index contributed by atoms with van der Waals surface area (Å²) in [5, 5.41) is 22.0. The van der Waals surface area contributed by atoms with Crippen LogP contribution in [0.3, 0.4) is 0 Å². The summed E-state index contributed by atoms with van der Waals surface area (Å²) in [6, 6.07) is 11.4. The summed E-state index contributed by atoms with van der Waals surface area (Å²) in [5.41, 5.74) is 1.88. The fraction of sp³-hybridized carbons (Fsp3) is 0.120. The van der Waals surface area contributed by atoms with Crippen LogP contribution < -0.4 is 0 Å². The van der Waals surface area contributed by atoms with E-state index in [4.69, 9.17) is 25.8 Å². The zero-order valence-electron chi connectivity index (χ0n) is 20.3. The number of nitrogens with zero attached hydrogens (tertiary/aromatic N) is 6. The third-order valence-electron chi connectivity index (χ3n) is 5.71. The molecule has 0 atom stereocenters. The number of nitro groups is 2. The number of rotatable bonds is 10. The standard InChI is InChI=1S/C25H17ClN6O8/c26-23-20-24(28-13-27-23)30(14-29-20)10-9-19-21(38-11-15-1-5-17(6-2-15)31(34)35)22(25(33)40-19)39-12-16-3-7-18(8-4-16)32(36)37/h1-9,13-14H,10-12H2/b19-9+. The molecule has 0 saturated carbocycles. The second kappa shape index (κ2) is 11.2. The Labute approximate surface area is 229 Å². The van der Waals surface area contributed by atoms with E-state index < -0.39 is 15.8 Å². The largest absolute Gasteiger partial charge is 0.481 e. The molecular formula is C25H17ClN6O8. The average Bonchev–Trinajstić information content (AvgIpc) is 3.50. The van der Waals surface area contributed by atoms with Gasteiger partial charge < -0.3 is 18.8 Å². The van der Waals surface area contributed by atoms with E-state index in [0.717, 1.165) is 0 Å². The molecule has 0 radical (unpaired) electrons. The van der Waals surface area contributed by atoms with Gasteiger partial charge in [0, 0.05) is 30.8 Å². The number of ether oxygens (including phenoxy) is 3. The maximum atomic E-state index is 12.8. The molecule has 0 N–H and O–H groups in total. The molecule has 2 aromatic carbocycles. The van der Waals surface area contributed by atoms with E-state index in [1.54, 1.807) is 10.6 Å². The van der Waals surface area contributed by atoms with Crippen LogP contribution in [0.2, 0.25) is 5.15 Å². The fourth-order valence-corrected chi connectivity index (χ4v) is 3.88. The quantitative estimate of drug-likeness (QED) is 0.116. The predicted octanol–water partition coefficient (Wildman–Crippen LogP) is 4.38. The van der Waals surface area contributed by atoms with Crippen molar-refractivity contribution in [3.8, 4) is 0 Å². The number of halogens is 1. The fourth-order valence-electron chi connectivity index (χ4n) is 3.70. The number of hydrogen-bond donors (Lipinski definition) is 0. The highest BCUT2D eigenvalue weighted by Gasteiger charge is 2.34. The molecule has 40 heavy (non-hydrogen) atoms. The van der Waals surface area contributed by atoms with Gasteiger partial charge >= 0.3 is 5.97 Å². The van der Waals surface area contributed by atoms with Crippen LogP contribution in [-0.2, 0) is 38.8 Å². The summed E-state index contributed by atoms with van der Waals surface area (Å²) in [6.07, 6.45) is 4.38. The summed E-state index contributed by atoms with van der Waals surface area (Å²) < 4.78 is 18.7. The van der Waals surface area contributed by atoms with Crippen molar-refractivity contribution in [2.75, 3.05) is 0 Å². The van der Waals surface area contributed by atoms with Crippen molar-refractivity contribution in [2.45, 2.75) is 19.8 Å². The Balaban J connectivity index is 1.40. The molecule has 0 saturated heterocycles. The van der Waals surface area contributed by atoms with E-state index in [2.05, 4.69) is 15.0 Å². The number of hydrogen-bond acceptors (Lipinski definition) is 11. The van der Waals surface area contributed by atoms with Gasteiger partial charge in [-0.25, -0.2) is 19.7 Å². The molecule has 0 bridgehead atoms. The van der Waals surface area contributed by atoms with Gasteiger partial charge in [-0.15, -0.1) is 0 Å². The van der Waals surface area contributed by atoms with Gasteiger partial charge in [0.2, 0.25) is 5.76 Å². The summed E-state index contributed by atoms with van der Waals surface area (Å²) in [6.45, 7) is 0.0245. The number of allylic oxidation sites excluding steroid dienone is 1. The highest BCUT2D eigenvalue weighted by atomic mass is 35.5. The van der Waals surface area contributed by atoms with Crippen LogP contribution in [0.1, 0.15) is 11.1 Å². The number of fused-ring (bicyclic) bond motifs is 1. The molecule has 0 aliphatic carbocycles. The molecule has 0 unspecified atom stereocenters. The van der Waals surface area contributed by atoms with Crippen LogP contribution in [0.25, 0.3) is 11.2 Å². The first-order valence-corrected chi connectivity index (χ1v) is 11.9. The molecule has 5 rings (SSSR count). The molecule has 0 fully saturated rings. The number of non-ortho nitro benzene ring substituents is 2. The Morgan fingerprint density at radius 3 is 2.02 bits per heavy atom. The summed E-state index contributed by atoms with van der Waals surface area (Å²) in [4.78, 5) is 45.9. The first-order valence-electron chi connectivity index (χ1n) is 11.5. The van der Waals surface area contributed by atoms with E-state index in [9.17, 15) is 25.0 Å². The number of nitro benzene ring substituents is 2. The first-order chi connectivity index (χ1) is 19.3. The van der Waals surface area contributed by atoms with Gasteiger partial charge in [-0.05, 0) is 41.5 Å². The van der Waals surface area contributed by atoms with Crippen molar-refractivity contribution in [1.29, 1.82) is 0 Å². The minimum absolute atomic E-state index is 0.0161. The molecule has 0 spiro atoms. The Morgan fingerprint density at radius 2 is 1.45 bits per heavy atom. The lowest BCUT2D eigenvalue weighted by molar-refractivity contribution is -0.385. The Hall–Kier alpha value is -5.37. The number of imidazole rings is 1. The molecular weight excluding hydrogens is 548 g/mol. The molecule has 1 aliphatic rings. The smallest absolute Gasteiger partial charge is 0.383 e. The number of carbonyl (C=O) groups is 1. The Kier molecular flexibility index (Phi) is 7.33. The monoisotopic (exact) mass is 564 g/mol. The number of aromatic nitrogens is 4. The van der Waals surface area contributed by atoms with Gasteiger partial charge in [0.1, 0.15) is 25.1 Å². The maximum Gasteiger partial charge on any atom is 0.383 e.